The summed E-state index contributed by atoms with van der Waals surface area (Å²) in [7, 11) is 0. The number of aromatic nitrogens is 5. The molecule has 32 heavy (non-hydrogen) atoms. The number of halogens is 1. The topological polar surface area (TPSA) is 85.5 Å². The highest BCUT2D eigenvalue weighted by Crippen LogP contribution is 2.36. The number of carbonyl (C=O) groups excluding carboxylic acids is 1. The van der Waals surface area contributed by atoms with Gasteiger partial charge in [-0.05, 0) is 63.5 Å². The van der Waals surface area contributed by atoms with E-state index in [1.165, 1.54) is 9.58 Å². The van der Waals surface area contributed by atoms with Gasteiger partial charge in [0.15, 0.2) is 11.5 Å². The second-order valence-electron chi connectivity index (χ2n) is 8.93. The van der Waals surface area contributed by atoms with Crippen LogP contribution in [0.2, 0.25) is 0 Å². The van der Waals surface area contributed by atoms with E-state index in [2.05, 4.69) is 20.1 Å². The van der Waals surface area contributed by atoms with Crippen LogP contribution in [0.3, 0.4) is 0 Å². The molecule has 9 heteroatoms. The number of nitrogens with zero attached hydrogens (tertiary/aromatic N) is 6. The maximum absolute atomic E-state index is 14.4. The van der Waals surface area contributed by atoms with Crippen LogP contribution in [0.15, 0.2) is 24.7 Å². The van der Waals surface area contributed by atoms with Crippen LogP contribution in [-0.2, 0) is 16.1 Å². The third-order valence-electron chi connectivity index (χ3n) is 6.54. The van der Waals surface area contributed by atoms with Gasteiger partial charge in [0.25, 0.3) is 0 Å². The van der Waals surface area contributed by atoms with Crippen molar-refractivity contribution in [3.8, 4) is 0 Å². The summed E-state index contributed by atoms with van der Waals surface area (Å²) >= 11 is 0. The number of aryl methyl sites for hydroxylation is 2. The number of amides is 1. The summed E-state index contributed by atoms with van der Waals surface area (Å²) in [5.74, 6) is 0.614. The molecular formula is C23H27FN6O2. The fraction of sp³-hybridized carbons (Fsp3) is 0.522. The van der Waals surface area contributed by atoms with Crippen LogP contribution in [0.25, 0.3) is 5.65 Å². The van der Waals surface area contributed by atoms with Gasteiger partial charge >= 0.3 is 0 Å². The molecule has 1 saturated heterocycles. The van der Waals surface area contributed by atoms with E-state index in [0.29, 0.717) is 18.3 Å². The molecule has 0 radical (unpaired) electrons. The van der Waals surface area contributed by atoms with Crippen molar-refractivity contribution in [1.82, 2.24) is 29.6 Å². The van der Waals surface area contributed by atoms with Crippen molar-refractivity contribution < 1.29 is 14.0 Å². The third kappa shape index (κ3) is 4.09. The van der Waals surface area contributed by atoms with E-state index in [-0.39, 0.29) is 29.3 Å². The van der Waals surface area contributed by atoms with Gasteiger partial charge in [-0.1, -0.05) is 0 Å². The molecule has 1 saturated carbocycles. The fourth-order valence-electron chi connectivity index (χ4n) is 4.87. The van der Waals surface area contributed by atoms with E-state index in [0.717, 1.165) is 55.5 Å². The minimum atomic E-state index is -0.344. The lowest BCUT2D eigenvalue weighted by Crippen LogP contribution is -2.37. The van der Waals surface area contributed by atoms with Gasteiger partial charge in [-0.15, -0.1) is 0 Å². The largest absolute Gasteiger partial charge is 0.272 e. The fourth-order valence-corrected chi connectivity index (χ4v) is 4.87. The normalized spacial score (nSPS) is 23.7. The monoisotopic (exact) mass is 438 g/mol. The van der Waals surface area contributed by atoms with Crippen molar-refractivity contribution in [1.29, 1.82) is 0 Å². The van der Waals surface area contributed by atoms with E-state index in [1.54, 1.807) is 25.4 Å². The second kappa shape index (κ2) is 8.54. The van der Waals surface area contributed by atoms with Gasteiger partial charge in [0.05, 0.1) is 24.2 Å². The molecule has 0 aromatic carbocycles. The molecule has 2 aliphatic rings. The van der Waals surface area contributed by atoms with Gasteiger partial charge in [-0.2, -0.15) is 5.10 Å². The summed E-state index contributed by atoms with van der Waals surface area (Å²) < 4.78 is 15.9. The highest BCUT2D eigenvalue weighted by molar-refractivity contribution is 5.78. The summed E-state index contributed by atoms with van der Waals surface area (Å²) in [5, 5.41) is 5.76. The molecule has 1 atom stereocenters. The average Bonchev–Trinajstić information content (AvgIpc) is 3.41. The van der Waals surface area contributed by atoms with E-state index in [9.17, 15) is 9.18 Å². The predicted molar refractivity (Wildman–Crippen MR) is 114 cm³/mol. The van der Waals surface area contributed by atoms with Crippen LogP contribution < -0.4 is 0 Å². The minimum absolute atomic E-state index is 0.0406. The SMILES string of the molecule is Cc1cnc([C@@H]2CCON2C(=O)[C@H]2CC[C@H](Cc3cc(F)c4nc(C)nn4c3)CC2)cn1. The van der Waals surface area contributed by atoms with E-state index in [4.69, 9.17) is 4.84 Å². The van der Waals surface area contributed by atoms with Crippen molar-refractivity contribution in [2.75, 3.05) is 6.61 Å². The molecular weight excluding hydrogens is 411 g/mol. The lowest BCUT2D eigenvalue weighted by atomic mass is 9.79. The van der Waals surface area contributed by atoms with Gasteiger partial charge < -0.3 is 0 Å². The summed E-state index contributed by atoms with van der Waals surface area (Å²) in [5.41, 5.74) is 2.80. The molecule has 168 valence electrons. The molecule has 0 bridgehead atoms. The van der Waals surface area contributed by atoms with Crippen LogP contribution in [0.5, 0.6) is 0 Å². The van der Waals surface area contributed by atoms with Crippen LogP contribution in [0, 0.1) is 31.5 Å². The van der Waals surface area contributed by atoms with Gasteiger partial charge in [-0.3, -0.25) is 19.6 Å². The van der Waals surface area contributed by atoms with Gasteiger partial charge in [-0.25, -0.2) is 19.0 Å². The Morgan fingerprint density at radius 1 is 1.16 bits per heavy atom. The predicted octanol–water partition coefficient (Wildman–Crippen LogP) is 3.53. The lowest BCUT2D eigenvalue weighted by Gasteiger charge is -2.31. The molecule has 5 rings (SSSR count). The van der Waals surface area contributed by atoms with Crippen LogP contribution in [0.1, 0.15) is 60.9 Å². The Morgan fingerprint density at radius 3 is 2.72 bits per heavy atom. The Kier molecular flexibility index (Phi) is 5.58. The van der Waals surface area contributed by atoms with Crippen molar-refractivity contribution >= 4 is 11.6 Å². The molecule has 1 aliphatic carbocycles. The lowest BCUT2D eigenvalue weighted by molar-refractivity contribution is -0.183. The first-order valence-corrected chi connectivity index (χ1v) is 11.2. The molecule has 2 fully saturated rings. The molecule has 4 heterocycles. The molecule has 1 amide bonds. The van der Waals surface area contributed by atoms with E-state index in [1.807, 2.05) is 13.1 Å². The molecule has 0 N–H and O–H groups in total. The molecule has 1 aliphatic heterocycles. The summed E-state index contributed by atoms with van der Waals surface area (Å²) in [6.45, 7) is 4.16. The van der Waals surface area contributed by atoms with Crippen LogP contribution in [-0.4, -0.2) is 42.1 Å². The van der Waals surface area contributed by atoms with Gasteiger partial charge in [0.1, 0.15) is 11.9 Å². The number of hydrogen-bond acceptors (Lipinski definition) is 6. The number of fused-ring (bicyclic) bond motifs is 1. The van der Waals surface area contributed by atoms with E-state index >= 15 is 0 Å². The Morgan fingerprint density at radius 2 is 1.97 bits per heavy atom. The Hall–Kier alpha value is -2.94. The van der Waals surface area contributed by atoms with Crippen molar-refractivity contribution in [2.45, 2.75) is 58.4 Å². The quantitative estimate of drug-likeness (QED) is 0.620. The maximum Gasteiger partial charge on any atom is 0.249 e. The smallest absolute Gasteiger partial charge is 0.249 e. The zero-order valence-corrected chi connectivity index (χ0v) is 18.4. The first-order valence-electron chi connectivity index (χ1n) is 11.2. The highest BCUT2D eigenvalue weighted by atomic mass is 19.1. The second-order valence-corrected chi connectivity index (χ2v) is 8.93. The Balaban J connectivity index is 1.21. The first kappa shape index (κ1) is 20.9. The Bertz CT molecular complexity index is 1120. The van der Waals surface area contributed by atoms with Crippen molar-refractivity contribution in [3.63, 3.8) is 0 Å². The molecule has 0 unspecified atom stereocenters. The zero-order chi connectivity index (χ0) is 22.2. The average molecular weight is 439 g/mol. The summed E-state index contributed by atoms with van der Waals surface area (Å²) in [6, 6.07) is 1.39. The number of hydroxylamine groups is 2. The number of hydrogen-bond donors (Lipinski definition) is 0. The van der Waals surface area contributed by atoms with Gasteiger partial charge in [0.2, 0.25) is 5.91 Å². The Labute approximate surface area is 185 Å². The van der Waals surface area contributed by atoms with Crippen LogP contribution in [0.4, 0.5) is 4.39 Å². The molecule has 3 aromatic rings. The van der Waals surface area contributed by atoms with Crippen molar-refractivity contribution in [3.05, 3.63) is 53.2 Å². The number of rotatable bonds is 4. The minimum Gasteiger partial charge on any atom is -0.272 e. The van der Waals surface area contributed by atoms with Crippen molar-refractivity contribution in [2.24, 2.45) is 11.8 Å². The van der Waals surface area contributed by atoms with E-state index < -0.39 is 0 Å². The standard InChI is InChI=1S/C23H27FN6O2/c1-14-11-26-20(12-25-14)21-7-8-32-30(21)23(31)18-5-3-16(4-6-18)9-17-10-19(24)22-27-15(2)28-29(22)13-17/h10-13,16,18,21H,3-9H2,1-2H3/t16-,18-,21-/m0/s1. The number of carbonyl (C=O) groups is 1. The zero-order valence-electron chi connectivity index (χ0n) is 18.4. The number of pyridine rings is 1. The molecule has 3 aromatic heterocycles. The highest BCUT2D eigenvalue weighted by Gasteiger charge is 2.38. The summed E-state index contributed by atoms with van der Waals surface area (Å²) in [4.78, 5) is 31.8. The molecule has 0 spiro atoms. The van der Waals surface area contributed by atoms with Gasteiger partial charge in [0, 0.05) is 24.7 Å². The third-order valence-corrected chi connectivity index (χ3v) is 6.54. The molecule has 8 nitrogen and oxygen atoms in total. The van der Waals surface area contributed by atoms with Crippen LogP contribution >= 0.6 is 0 Å². The summed E-state index contributed by atoms with van der Waals surface area (Å²) in [6.07, 6.45) is 10.3. The first-order chi connectivity index (χ1) is 15.5. The maximum atomic E-state index is 14.4.